The third-order valence-electron chi connectivity index (χ3n) is 3.62. The molecule has 0 aromatic carbocycles. The van der Waals surface area contributed by atoms with Crippen molar-refractivity contribution in [2.24, 2.45) is 5.92 Å². The third kappa shape index (κ3) is 2.54. The predicted octanol–water partition coefficient (Wildman–Crippen LogP) is 2.70. The van der Waals surface area contributed by atoms with Crippen LogP contribution in [0.4, 0.5) is 0 Å². The summed E-state index contributed by atoms with van der Waals surface area (Å²) in [5.41, 5.74) is 2.76. The van der Waals surface area contributed by atoms with Gasteiger partial charge < -0.3 is 9.88 Å². The van der Waals surface area contributed by atoms with Crippen LogP contribution in [0.3, 0.4) is 0 Å². The highest BCUT2D eigenvalue weighted by Gasteiger charge is 2.22. The molecule has 0 aliphatic carbocycles. The second kappa shape index (κ2) is 5.21. The zero-order chi connectivity index (χ0) is 12.4. The van der Waals surface area contributed by atoms with Crippen molar-refractivity contribution in [2.45, 2.75) is 59.5 Å². The Morgan fingerprint density at radius 3 is 2.76 bits per heavy atom. The average Bonchev–Trinajstić information content (AvgIpc) is 2.65. The van der Waals surface area contributed by atoms with E-state index in [9.17, 15) is 0 Å². The molecule has 17 heavy (non-hydrogen) atoms. The van der Waals surface area contributed by atoms with Crippen molar-refractivity contribution < 1.29 is 0 Å². The second-order valence-electron chi connectivity index (χ2n) is 5.57. The van der Waals surface area contributed by atoms with E-state index in [2.05, 4.69) is 37.6 Å². The van der Waals surface area contributed by atoms with Gasteiger partial charge in [0.25, 0.3) is 0 Å². The van der Waals surface area contributed by atoms with Gasteiger partial charge >= 0.3 is 0 Å². The first-order chi connectivity index (χ1) is 8.13. The molecule has 0 saturated heterocycles. The topological polar surface area (TPSA) is 29.9 Å². The van der Waals surface area contributed by atoms with Gasteiger partial charge in [0.15, 0.2) is 0 Å². The van der Waals surface area contributed by atoms with Crippen LogP contribution in [-0.4, -0.2) is 16.1 Å². The Bertz CT molecular complexity index is 379. The first-order valence-corrected chi connectivity index (χ1v) is 6.93. The number of hydrogen-bond acceptors (Lipinski definition) is 2. The quantitative estimate of drug-likeness (QED) is 0.869. The van der Waals surface area contributed by atoms with Crippen LogP contribution in [0, 0.1) is 5.92 Å². The lowest BCUT2D eigenvalue weighted by molar-refractivity contribution is 0.467. The smallest absolute Gasteiger partial charge is 0.109 e. The minimum absolute atomic E-state index is 0.582. The summed E-state index contributed by atoms with van der Waals surface area (Å²) >= 11 is 0. The lowest BCUT2D eigenvalue weighted by Gasteiger charge is -2.21. The van der Waals surface area contributed by atoms with Crippen molar-refractivity contribution in [3.8, 4) is 0 Å². The fourth-order valence-electron chi connectivity index (χ4n) is 2.60. The maximum absolute atomic E-state index is 4.86. The van der Waals surface area contributed by atoms with E-state index in [0.29, 0.717) is 12.0 Å². The van der Waals surface area contributed by atoms with Gasteiger partial charge in [-0.15, -0.1) is 0 Å². The van der Waals surface area contributed by atoms with Gasteiger partial charge in [-0.05, 0) is 19.3 Å². The molecule has 2 heterocycles. The highest BCUT2D eigenvalue weighted by molar-refractivity contribution is 5.21. The first-order valence-electron chi connectivity index (χ1n) is 6.93. The summed E-state index contributed by atoms with van der Waals surface area (Å²) in [5, 5.41) is 3.42. The van der Waals surface area contributed by atoms with Gasteiger partial charge in [0.2, 0.25) is 0 Å². The molecule has 3 nitrogen and oxygen atoms in total. The highest BCUT2D eigenvalue weighted by Crippen LogP contribution is 2.24. The number of aromatic nitrogens is 2. The van der Waals surface area contributed by atoms with Crippen molar-refractivity contribution in [2.75, 3.05) is 6.54 Å². The van der Waals surface area contributed by atoms with E-state index >= 15 is 0 Å². The summed E-state index contributed by atoms with van der Waals surface area (Å²) in [7, 11) is 0. The average molecular weight is 235 g/mol. The molecule has 1 aliphatic rings. The molecule has 3 heteroatoms. The van der Waals surface area contributed by atoms with Crippen LogP contribution in [0.25, 0.3) is 0 Å². The minimum atomic E-state index is 0.582. The summed E-state index contributed by atoms with van der Waals surface area (Å²) in [6.07, 6.45) is 3.41. The van der Waals surface area contributed by atoms with Crippen molar-refractivity contribution in [1.29, 1.82) is 0 Å². The van der Waals surface area contributed by atoms with Gasteiger partial charge in [0.05, 0.1) is 5.69 Å². The number of nitrogens with zero attached hydrogens (tertiary/aromatic N) is 2. The maximum atomic E-state index is 4.86. The summed E-state index contributed by atoms with van der Waals surface area (Å²) in [6, 6.07) is 0.582. The largest absolute Gasteiger partial charge is 0.329 e. The lowest BCUT2D eigenvalue weighted by Crippen LogP contribution is -2.25. The molecule has 96 valence electrons. The van der Waals surface area contributed by atoms with Gasteiger partial charge in [-0.25, -0.2) is 4.98 Å². The molecule has 2 rings (SSSR count). The summed E-state index contributed by atoms with van der Waals surface area (Å²) in [5.74, 6) is 1.97. The van der Waals surface area contributed by atoms with Crippen LogP contribution in [0.2, 0.25) is 0 Å². The SMILES string of the molecule is CCC(C)n1c(CC(C)C)nc2c1CCNC2. The van der Waals surface area contributed by atoms with E-state index in [0.717, 1.165) is 25.9 Å². The molecule has 1 N–H and O–H groups in total. The zero-order valence-corrected chi connectivity index (χ0v) is 11.6. The maximum Gasteiger partial charge on any atom is 0.109 e. The van der Waals surface area contributed by atoms with E-state index in [1.54, 1.807) is 0 Å². The lowest BCUT2D eigenvalue weighted by atomic mass is 10.1. The van der Waals surface area contributed by atoms with Crippen molar-refractivity contribution in [1.82, 2.24) is 14.9 Å². The summed E-state index contributed by atoms with van der Waals surface area (Å²) < 4.78 is 2.51. The van der Waals surface area contributed by atoms with E-state index in [1.807, 2.05) is 0 Å². The van der Waals surface area contributed by atoms with Crippen LogP contribution in [0.1, 0.15) is 57.4 Å². The molecule has 0 spiro atoms. The van der Waals surface area contributed by atoms with E-state index in [4.69, 9.17) is 4.98 Å². The number of hydrogen-bond donors (Lipinski definition) is 1. The van der Waals surface area contributed by atoms with Gasteiger partial charge in [-0.1, -0.05) is 20.8 Å². The molecule has 0 amide bonds. The first kappa shape index (κ1) is 12.6. The Kier molecular flexibility index (Phi) is 3.87. The van der Waals surface area contributed by atoms with E-state index in [-0.39, 0.29) is 0 Å². The highest BCUT2D eigenvalue weighted by atomic mass is 15.1. The Balaban J connectivity index is 2.39. The molecule has 1 aromatic rings. The fourth-order valence-corrected chi connectivity index (χ4v) is 2.60. The second-order valence-corrected chi connectivity index (χ2v) is 5.57. The molecule has 1 aliphatic heterocycles. The number of rotatable bonds is 4. The van der Waals surface area contributed by atoms with Gasteiger partial charge in [-0.2, -0.15) is 0 Å². The van der Waals surface area contributed by atoms with Crippen LogP contribution in [0.5, 0.6) is 0 Å². The van der Waals surface area contributed by atoms with Gasteiger partial charge in [-0.3, -0.25) is 0 Å². The molecular weight excluding hydrogens is 210 g/mol. The van der Waals surface area contributed by atoms with Crippen molar-refractivity contribution in [3.05, 3.63) is 17.2 Å². The Morgan fingerprint density at radius 2 is 2.12 bits per heavy atom. The zero-order valence-electron chi connectivity index (χ0n) is 11.6. The molecule has 1 aromatic heterocycles. The summed E-state index contributed by atoms with van der Waals surface area (Å²) in [4.78, 5) is 4.86. The van der Waals surface area contributed by atoms with Gasteiger partial charge in [0, 0.05) is 37.7 Å². The van der Waals surface area contributed by atoms with Crippen molar-refractivity contribution in [3.63, 3.8) is 0 Å². The minimum Gasteiger partial charge on any atom is -0.329 e. The fraction of sp³-hybridized carbons (Fsp3) is 0.786. The predicted molar refractivity (Wildman–Crippen MR) is 71.2 cm³/mol. The van der Waals surface area contributed by atoms with Crippen LogP contribution < -0.4 is 5.32 Å². The molecule has 1 unspecified atom stereocenters. The third-order valence-corrected chi connectivity index (χ3v) is 3.62. The Labute approximate surface area is 105 Å². The van der Waals surface area contributed by atoms with Crippen LogP contribution in [-0.2, 0) is 19.4 Å². The molecule has 0 radical (unpaired) electrons. The molecule has 0 fully saturated rings. The normalized spacial score (nSPS) is 17.2. The molecule has 1 atom stereocenters. The Morgan fingerprint density at radius 1 is 1.35 bits per heavy atom. The van der Waals surface area contributed by atoms with Gasteiger partial charge in [0.1, 0.15) is 5.82 Å². The van der Waals surface area contributed by atoms with E-state index < -0.39 is 0 Å². The van der Waals surface area contributed by atoms with Crippen molar-refractivity contribution >= 4 is 0 Å². The number of fused-ring (bicyclic) bond motifs is 1. The van der Waals surface area contributed by atoms with Crippen LogP contribution >= 0.6 is 0 Å². The monoisotopic (exact) mass is 235 g/mol. The molecular formula is C14H25N3. The number of nitrogens with one attached hydrogen (secondary N) is 1. The standard InChI is InChI=1S/C14H25N3/c1-5-11(4)17-13-6-7-15-9-12(13)16-14(17)8-10(2)3/h10-11,15H,5-9H2,1-4H3. The molecule has 0 saturated carbocycles. The van der Waals surface area contributed by atoms with Crippen LogP contribution in [0.15, 0.2) is 0 Å². The Hall–Kier alpha value is -0.830. The summed E-state index contributed by atoms with van der Waals surface area (Å²) in [6.45, 7) is 11.2. The van der Waals surface area contributed by atoms with E-state index in [1.165, 1.54) is 23.6 Å². The number of imidazole rings is 1. The molecule has 0 bridgehead atoms.